The summed E-state index contributed by atoms with van der Waals surface area (Å²) in [4.78, 5) is 0. The minimum absolute atomic E-state index is 0. The largest absolute Gasteiger partial charge is 0 e. The van der Waals surface area contributed by atoms with Crippen LogP contribution >= 0.6 is 0 Å². The van der Waals surface area contributed by atoms with E-state index in [1.807, 2.05) is 0 Å². The van der Waals surface area contributed by atoms with Gasteiger partial charge in [-0.25, -0.2) is 0 Å². The molecule has 0 unspecified atom stereocenters. The first-order valence-corrected chi connectivity index (χ1v) is 0. The van der Waals surface area contributed by atoms with Crippen LogP contribution in [0.1, 0.15) is 0 Å². The Balaban J connectivity index is 0. The second-order valence-electron chi connectivity index (χ2n) is 0. The van der Waals surface area contributed by atoms with Crippen molar-refractivity contribution < 1.29 is 75.7 Å². The number of hydrogen-bond donors (Lipinski definition) is 0. The van der Waals surface area contributed by atoms with E-state index in [4.69, 9.17) is 0 Å². The molecule has 4 heavy (non-hydrogen) atoms. The smallest absolute Gasteiger partial charge is 0 e. The molecule has 0 aromatic heterocycles. The third-order valence-electron chi connectivity index (χ3n) is 0. The van der Waals surface area contributed by atoms with Gasteiger partial charge in [-0.1, -0.05) is 0 Å². The van der Waals surface area contributed by atoms with Gasteiger partial charge in [-0.15, -0.1) is 0 Å². The molecule has 0 aliphatic carbocycles. The number of rotatable bonds is 0. The van der Waals surface area contributed by atoms with Crippen LogP contribution in [0.3, 0.4) is 0 Å². The summed E-state index contributed by atoms with van der Waals surface area (Å²) in [6.07, 6.45) is 0. The topological polar surface area (TPSA) is 0 Å². The van der Waals surface area contributed by atoms with Crippen LogP contribution in [-0.2, 0) is 75.7 Å². The molecular formula is FeNiW2. The minimum Gasteiger partial charge on any atom is 0 e. The maximum absolute atomic E-state index is 0. The Labute approximate surface area is 74.8 Å². The zero-order valence-corrected chi connectivity index (χ0v) is 9.44. The van der Waals surface area contributed by atoms with E-state index in [0.717, 1.165) is 0 Å². The fraction of sp³-hybridized carbons (Fsp3) is 0. The van der Waals surface area contributed by atoms with Gasteiger partial charge in [-0.05, 0) is 0 Å². The van der Waals surface area contributed by atoms with Crippen molar-refractivity contribution in [3.63, 3.8) is 0 Å². The van der Waals surface area contributed by atoms with Crippen LogP contribution in [0.15, 0.2) is 0 Å². The summed E-state index contributed by atoms with van der Waals surface area (Å²) in [5.74, 6) is 0. The first-order chi connectivity index (χ1) is 0. The average molecular weight is 482 g/mol. The van der Waals surface area contributed by atoms with Gasteiger partial charge >= 0.3 is 0 Å². The van der Waals surface area contributed by atoms with Crippen LogP contribution in [-0.4, -0.2) is 0 Å². The van der Waals surface area contributed by atoms with Gasteiger partial charge in [0.15, 0.2) is 0 Å². The molecule has 0 N–H and O–H groups in total. The van der Waals surface area contributed by atoms with Crippen molar-refractivity contribution in [2.75, 3.05) is 0 Å². The molecule has 0 nitrogen and oxygen atoms in total. The van der Waals surface area contributed by atoms with Crippen molar-refractivity contribution in [2.24, 2.45) is 0 Å². The quantitative estimate of drug-likeness (QED) is 0.427. The van der Waals surface area contributed by atoms with E-state index in [9.17, 15) is 0 Å². The van der Waals surface area contributed by atoms with Gasteiger partial charge in [0.05, 0.1) is 0 Å². The second-order valence-corrected chi connectivity index (χ2v) is 0. The Bertz CT molecular complexity index is 6.00. The Morgan fingerprint density at radius 3 is 0.750 bits per heavy atom. The maximum atomic E-state index is 0. The molecule has 0 saturated carbocycles. The van der Waals surface area contributed by atoms with E-state index in [1.165, 1.54) is 0 Å². The van der Waals surface area contributed by atoms with Crippen molar-refractivity contribution in [1.29, 1.82) is 0 Å². The molecule has 0 aliphatic heterocycles. The summed E-state index contributed by atoms with van der Waals surface area (Å²) in [6.45, 7) is 0. The van der Waals surface area contributed by atoms with Gasteiger partial charge in [0.25, 0.3) is 0 Å². The van der Waals surface area contributed by atoms with E-state index < -0.39 is 0 Å². The van der Waals surface area contributed by atoms with Gasteiger partial charge in [-0.3, -0.25) is 0 Å². The molecule has 0 aliphatic rings. The second kappa shape index (κ2) is 18.2. The van der Waals surface area contributed by atoms with Crippen molar-refractivity contribution in [2.45, 2.75) is 0 Å². The molecule has 0 fully saturated rings. The van der Waals surface area contributed by atoms with Gasteiger partial charge in [0.2, 0.25) is 0 Å². The Morgan fingerprint density at radius 2 is 0.750 bits per heavy atom. The molecule has 30 valence electrons. The molecule has 0 heterocycles. The standard InChI is InChI=1S/Fe.Ni.2W. The summed E-state index contributed by atoms with van der Waals surface area (Å²) in [6, 6.07) is 0. The molecule has 0 atom stereocenters. The summed E-state index contributed by atoms with van der Waals surface area (Å²) in [7, 11) is 0. The van der Waals surface area contributed by atoms with Gasteiger partial charge < -0.3 is 0 Å². The number of hydrogen-bond acceptors (Lipinski definition) is 0. The zero-order valence-electron chi connectivity index (χ0n) is 1.49. The fourth-order valence-electron chi connectivity index (χ4n) is 0. The van der Waals surface area contributed by atoms with Crippen LogP contribution in [0.5, 0.6) is 0 Å². The van der Waals surface area contributed by atoms with E-state index in [2.05, 4.69) is 0 Å². The predicted octanol–water partition coefficient (Wildman–Crippen LogP) is -0.0100. The Kier molecular flexibility index (Phi) is 148. The maximum Gasteiger partial charge on any atom is 0 e. The van der Waals surface area contributed by atoms with Crippen LogP contribution in [0, 0.1) is 0 Å². The van der Waals surface area contributed by atoms with Crippen molar-refractivity contribution in [3.05, 3.63) is 0 Å². The fourth-order valence-corrected chi connectivity index (χ4v) is 0. The molecule has 4 heteroatoms. The molecule has 0 radical (unpaired) electrons. The molecular weight excluding hydrogens is 482 g/mol. The summed E-state index contributed by atoms with van der Waals surface area (Å²) >= 11 is 0. The summed E-state index contributed by atoms with van der Waals surface area (Å²) in [5.41, 5.74) is 0. The van der Waals surface area contributed by atoms with E-state index in [1.54, 1.807) is 0 Å². The van der Waals surface area contributed by atoms with Gasteiger partial charge in [-0.2, -0.15) is 0 Å². The van der Waals surface area contributed by atoms with Gasteiger partial charge in [0, 0.05) is 75.7 Å². The molecule has 0 saturated heterocycles. The van der Waals surface area contributed by atoms with Crippen LogP contribution < -0.4 is 0 Å². The molecule has 0 rings (SSSR count). The molecule has 0 aromatic rings. The van der Waals surface area contributed by atoms with E-state index in [-0.39, 0.29) is 75.7 Å². The minimum atomic E-state index is 0. The summed E-state index contributed by atoms with van der Waals surface area (Å²) in [5, 5.41) is 0. The van der Waals surface area contributed by atoms with E-state index >= 15 is 0 Å². The zero-order chi connectivity index (χ0) is 0. The van der Waals surface area contributed by atoms with Gasteiger partial charge in [0.1, 0.15) is 0 Å². The molecule has 0 aromatic carbocycles. The molecule has 0 spiro atoms. The SMILES string of the molecule is [Fe].[Ni].[W].[W]. The first-order valence-electron chi connectivity index (χ1n) is 0. The van der Waals surface area contributed by atoms with Crippen LogP contribution in [0.25, 0.3) is 0 Å². The van der Waals surface area contributed by atoms with Crippen molar-refractivity contribution in [3.8, 4) is 0 Å². The van der Waals surface area contributed by atoms with Crippen molar-refractivity contribution >= 4 is 0 Å². The first kappa shape index (κ1) is 32.5. The average Bonchev–Trinajstić information content (AvgIpc) is 0. The Morgan fingerprint density at radius 1 is 0.750 bits per heavy atom. The van der Waals surface area contributed by atoms with E-state index in [0.29, 0.717) is 0 Å². The molecule has 0 bridgehead atoms. The van der Waals surface area contributed by atoms with Crippen LogP contribution in [0.2, 0.25) is 0 Å². The van der Waals surface area contributed by atoms with Crippen LogP contribution in [0.4, 0.5) is 0 Å². The third-order valence-corrected chi connectivity index (χ3v) is 0. The Hall–Kier alpha value is 2.39. The van der Waals surface area contributed by atoms with Crippen molar-refractivity contribution in [1.82, 2.24) is 0 Å². The molecule has 0 amide bonds. The monoisotopic (exact) mass is 482 g/mol. The summed E-state index contributed by atoms with van der Waals surface area (Å²) < 4.78 is 0. The predicted molar refractivity (Wildman–Crippen MR) is 0 cm³/mol. The third kappa shape index (κ3) is 8.83. The normalized spacial score (nSPS) is 0.